The van der Waals surface area contributed by atoms with Gasteiger partial charge in [-0.2, -0.15) is 13.2 Å². The summed E-state index contributed by atoms with van der Waals surface area (Å²) >= 11 is 0.728. The number of carbonyl (C=O) groups is 2. The summed E-state index contributed by atoms with van der Waals surface area (Å²) in [5.74, 6) is -2.19. The Morgan fingerprint density at radius 2 is 1.71 bits per heavy atom. The highest BCUT2D eigenvalue weighted by atomic mass is 32.1. The molecular weight excluding hydrogens is 569 g/mol. The van der Waals surface area contributed by atoms with Crippen molar-refractivity contribution >= 4 is 29.0 Å². The Labute approximate surface area is 237 Å². The van der Waals surface area contributed by atoms with Crippen LogP contribution in [0.4, 0.5) is 27.8 Å². The number of anilines is 1. The van der Waals surface area contributed by atoms with Gasteiger partial charge in [0.25, 0.3) is 18.2 Å². The second-order valence-corrected chi connectivity index (χ2v) is 12.7. The van der Waals surface area contributed by atoms with E-state index >= 15 is 0 Å². The third-order valence-electron chi connectivity index (χ3n) is 8.28. The number of alkyl halides is 5. The van der Waals surface area contributed by atoms with Gasteiger partial charge in [-0.25, -0.2) is 18.7 Å². The Bertz CT molecular complexity index is 1300. The first kappa shape index (κ1) is 29.6. The number of hydrogen-bond acceptors (Lipinski definition) is 7. The highest BCUT2D eigenvalue weighted by Crippen LogP contribution is 2.44. The molecule has 4 heterocycles. The van der Waals surface area contributed by atoms with Crippen LogP contribution in [0.5, 0.6) is 0 Å². The van der Waals surface area contributed by atoms with Crippen LogP contribution in [0.1, 0.15) is 91.6 Å². The van der Waals surface area contributed by atoms with Gasteiger partial charge in [0.05, 0.1) is 16.5 Å². The third-order valence-corrected chi connectivity index (χ3v) is 9.37. The van der Waals surface area contributed by atoms with Crippen LogP contribution in [0.25, 0.3) is 10.4 Å². The van der Waals surface area contributed by atoms with Crippen LogP contribution in [0.3, 0.4) is 0 Å². The fourth-order valence-corrected chi connectivity index (χ4v) is 6.51. The second-order valence-electron chi connectivity index (χ2n) is 11.7. The number of halogens is 5. The van der Waals surface area contributed by atoms with E-state index in [2.05, 4.69) is 20.6 Å². The number of hydrogen-bond donors (Lipinski definition) is 3. The van der Waals surface area contributed by atoms with E-state index in [0.29, 0.717) is 12.8 Å². The molecule has 14 heteroatoms. The SMILES string of the molecule is C[C@H](NC(=O)c1nc(C(=O)N2C3CCC2CC3)c(-c2cnc(N[C@@H](C3CC3)C(F)(F)F)cc2C(F)F)s1)C(C)(C)O. The van der Waals surface area contributed by atoms with Gasteiger partial charge < -0.3 is 20.6 Å². The maximum Gasteiger partial charge on any atom is 0.408 e. The Morgan fingerprint density at radius 1 is 1.10 bits per heavy atom. The van der Waals surface area contributed by atoms with E-state index < -0.39 is 53.6 Å². The smallest absolute Gasteiger partial charge is 0.388 e. The van der Waals surface area contributed by atoms with Crippen LogP contribution in [0.15, 0.2) is 12.3 Å². The van der Waals surface area contributed by atoms with Crippen molar-refractivity contribution in [3.63, 3.8) is 0 Å². The summed E-state index contributed by atoms with van der Waals surface area (Å²) < 4.78 is 69.4. The van der Waals surface area contributed by atoms with Gasteiger partial charge in [-0.1, -0.05) is 0 Å². The quantitative estimate of drug-likeness (QED) is 0.326. The minimum absolute atomic E-state index is 0.00414. The number of aliphatic hydroxyl groups is 1. The largest absolute Gasteiger partial charge is 0.408 e. The van der Waals surface area contributed by atoms with Gasteiger partial charge >= 0.3 is 6.18 Å². The van der Waals surface area contributed by atoms with Crippen molar-refractivity contribution in [2.75, 3.05) is 5.32 Å². The van der Waals surface area contributed by atoms with Crippen LogP contribution < -0.4 is 10.6 Å². The first-order chi connectivity index (χ1) is 19.1. The molecule has 2 aromatic rings. The zero-order valence-corrected chi connectivity index (χ0v) is 23.6. The molecular formula is C27H32F5N5O3S. The average Bonchev–Trinajstić information content (AvgIpc) is 3.31. The Hall–Kier alpha value is -2.87. The van der Waals surface area contributed by atoms with Gasteiger partial charge in [-0.15, -0.1) is 11.3 Å². The van der Waals surface area contributed by atoms with E-state index in [4.69, 9.17) is 0 Å². The van der Waals surface area contributed by atoms with E-state index in [1.165, 1.54) is 13.8 Å². The summed E-state index contributed by atoms with van der Waals surface area (Å²) in [6.07, 6.45) is -2.67. The zero-order valence-electron chi connectivity index (χ0n) is 22.8. The number of amides is 2. The standard InChI is InChI=1S/C27H32F5N5O3S/c1-12(26(2,3)40)34-23(38)24-36-19(25(39)37-14-6-7-15(37)9-8-14)20(41-24)17-11-33-18(10-16(17)22(28)29)35-21(13-4-5-13)27(30,31)32/h10-15,21-22,40H,4-9H2,1-3H3,(H,33,35)(H,34,38)/t12-,14?,15?,21-/m0/s1. The van der Waals surface area contributed by atoms with Crippen LogP contribution in [0.2, 0.25) is 0 Å². The normalized spacial score (nSPS) is 22.2. The lowest BCUT2D eigenvalue weighted by atomic mass is 10.0. The monoisotopic (exact) mass is 601 g/mol. The van der Waals surface area contributed by atoms with E-state index in [9.17, 15) is 36.6 Å². The van der Waals surface area contributed by atoms with Crippen molar-refractivity contribution in [3.8, 4) is 10.4 Å². The van der Waals surface area contributed by atoms with Crippen LogP contribution >= 0.6 is 11.3 Å². The Morgan fingerprint density at radius 3 is 2.22 bits per heavy atom. The molecule has 3 fully saturated rings. The molecule has 0 radical (unpaired) electrons. The molecule has 0 aromatic carbocycles. The molecule has 41 heavy (non-hydrogen) atoms. The molecule has 2 atom stereocenters. The molecule has 2 aromatic heterocycles. The molecule has 2 amide bonds. The summed E-state index contributed by atoms with van der Waals surface area (Å²) in [6, 6.07) is -1.76. The lowest BCUT2D eigenvalue weighted by molar-refractivity contribution is -0.146. The Balaban J connectivity index is 1.54. The second kappa shape index (κ2) is 10.8. The van der Waals surface area contributed by atoms with Gasteiger partial charge in [-0.3, -0.25) is 9.59 Å². The molecule has 0 unspecified atom stereocenters. The number of aromatic nitrogens is 2. The molecule has 5 rings (SSSR count). The number of nitrogens with one attached hydrogen (secondary N) is 2. The highest BCUT2D eigenvalue weighted by Gasteiger charge is 2.49. The third kappa shape index (κ3) is 6.04. The lowest BCUT2D eigenvalue weighted by Gasteiger charge is -2.26. The van der Waals surface area contributed by atoms with E-state index in [0.717, 1.165) is 49.3 Å². The summed E-state index contributed by atoms with van der Waals surface area (Å²) in [6.45, 7) is 4.60. The lowest BCUT2D eigenvalue weighted by Crippen LogP contribution is -2.47. The van der Waals surface area contributed by atoms with Crippen molar-refractivity contribution in [1.82, 2.24) is 20.2 Å². The van der Waals surface area contributed by atoms with Gasteiger partial charge in [0, 0.05) is 29.4 Å². The topological polar surface area (TPSA) is 107 Å². The van der Waals surface area contributed by atoms with Crippen molar-refractivity contribution < 1.29 is 36.6 Å². The molecule has 2 bridgehead atoms. The van der Waals surface area contributed by atoms with Crippen LogP contribution in [-0.2, 0) is 0 Å². The van der Waals surface area contributed by atoms with Crippen molar-refractivity contribution in [2.45, 2.75) is 102 Å². The van der Waals surface area contributed by atoms with Crippen molar-refractivity contribution in [2.24, 2.45) is 5.92 Å². The Kier molecular flexibility index (Phi) is 7.77. The van der Waals surface area contributed by atoms with Crippen molar-refractivity contribution in [3.05, 3.63) is 28.5 Å². The number of nitrogens with zero attached hydrogens (tertiary/aromatic N) is 3. The number of thiazole rings is 1. The van der Waals surface area contributed by atoms with Crippen molar-refractivity contribution in [1.29, 1.82) is 0 Å². The molecule has 1 aliphatic carbocycles. The first-order valence-corrected chi connectivity index (χ1v) is 14.4. The molecule has 8 nitrogen and oxygen atoms in total. The molecule has 224 valence electrons. The fourth-order valence-electron chi connectivity index (χ4n) is 5.52. The number of fused-ring (bicyclic) bond motifs is 2. The molecule has 0 spiro atoms. The van der Waals surface area contributed by atoms with E-state index in [1.54, 1.807) is 11.8 Å². The number of rotatable bonds is 9. The summed E-state index contributed by atoms with van der Waals surface area (Å²) in [4.78, 5) is 36.8. The minimum Gasteiger partial charge on any atom is -0.388 e. The molecule has 3 N–H and O–H groups in total. The summed E-state index contributed by atoms with van der Waals surface area (Å²) in [5.41, 5.74) is -2.25. The fraction of sp³-hybridized carbons (Fsp3) is 0.630. The zero-order chi connectivity index (χ0) is 29.9. The average molecular weight is 602 g/mol. The van der Waals surface area contributed by atoms with Crippen LogP contribution in [-0.4, -0.2) is 67.7 Å². The van der Waals surface area contributed by atoms with Gasteiger partial charge in [-0.05, 0) is 71.3 Å². The van der Waals surface area contributed by atoms with Gasteiger partial charge in [0.2, 0.25) is 0 Å². The maximum atomic E-state index is 14.4. The molecule has 3 aliphatic rings. The number of carbonyl (C=O) groups excluding carboxylic acids is 2. The number of pyridine rings is 1. The van der Waals surface area contributed by atoms with E-state index in [1.807, 2.05) is 0 Å². The first-order valence-electron chi connectivity index (χ1n) is 13.6. The predicted molar refractivity (Wildman–Crippen MR) is 142 cm³/mol. The summed E-state index contributed by atoms with van der Waals surface area (Å²) in [7, 11) is 0. The maximum absolute atomic E-state index is 14.4. The molecule has 2 aliphatic heterocycles. The van der Waals surface area contributed by atoms with Gasteiger partial charge in [0.1, 0.15) is 17.6 Å². The minimum atomic E-state index is -4.58. The molecule has 1 saturated carbocycles. The van der Waals surface area contributed by atoms with E-state index in [-0.39, 0.29) is 39.0 Å². The predicted octanol–water partition coefficient (Wildman–Crippen LogP) is 5.55. The highest BCUT2D eigenvalue weighted by molar-refractivity contribution is 7.17. The van der Waals surface area contributed by atoms with Gasteiger partial charge in [0.15, 0.2) is 5.01 Å². The van der Waals surface area contributed by atoms with Crippen LogP contribution in [0, 0.1) is 5.92 Å². The summed E-state index contributed by atoms with van der Waals surface area (Å²) in [5, 5.41) is 15.0. The molecule has 2 saturated heterocycles.